The minimum atomic E-state index is -2.17. The zero-order valence-corrected chi connectivity index (χ0v) is 20.4. The molecule has 1 aromatic heterocycles. The van der Waals surface area contributed by atoms with E-state index in [9.17, 15) is 35.1 Å². The molecule has 2 aromatic rings. The second kappa shape index (κ2) is 10.6. The Bertz CT molecular complexity index is 1240. The number of benzene rings is 1. The predicted molar refractivity (Wildman–Crippen MR) is 129 cm³/mol. The number of aliphatic hydroxyl groups is 5. The smallest absolute Gasteiger partial charge is 0.251 e. The molecule has 12 nitrogen and oxygen atoms in total. The van der Waals surface area contributed by atoms with Crippen molar-refractivity contribution < 1.29 is 39.9 Å². The van der Waals surface area contributed by atoms with Crippen LogP contribution in [0, 0.1) is 5.92 Å². The number of ketones is 1. The van der Waals surface area contributed by atoms with Crippen molar-refractivity contribution in [1.29, 1.82) is 0 Å². The van der Waals surface area contributed by atoms with Crippen molar-refractivity contribution in [3.05, 3.63) is 65.0 Å². The van der Waals surface area contributed by atoms with Crippen LogP contribution in [0.2, 0.25) is 0 Å². The third kappa shape index (κ3) is 4.87. The van der Waals surface area contributed by atoms with Crippen LogP contribution >= 0.6 is 0 Å². The number of ether oxygens (including phenoxy) is 1. The summed E-state index contributed by atoms with van der Waals surface area (Å²) in [5.74, 6) is -1.41. The van der Waals surface area contributed by atoms with Crippen molar-refractivity contribution in [2.24, 2.45) is 5.92 Å². The quantitative estimate of drug-likeness (QED) is 0.256. The fourth-order valence-electron chi connectivity index (χ4n) is 4.79. The average molecular weight is 515 g/mol. The third-order valence-corrected chi connectivity index (χ3v) is 6.89. The number of carbonyl (C=O) groups is 2. The minimum absolute atomic E-state index is 0.229. The first-order valence-corrected chi connectivity index (χ1v) is 11.8. The van der Waals surface area contributed by atoms with Gasteiger partial charge in [0.15, 0.2) is 5.78 Å². The van der Waals surface area contributed by atoms with E-state index in [-0.39, 0.29) is 30.5 Å². The Balaban J connectivity index is 1.74. The van der Waals surface area contributed by atoms with Crippen molar-refractivity contribution in [3.63, 3.8) is 0 Å². The van der Waals surface area contributed by atoms with Crippen molar-refractivity contribution in [2.45, 2.75) is 50.1 Å². The molecule has 4 rings (SSSR count). The highest BCUT2D eigenvalue weighted by Gasteiger charge is 2.57. The summed E-state index contributed by atoms with van der Waals surface area (Å²) in [5.41, 5.74) is -0.339. The largest absolute Gasteiger partial charge is 0.394 e. The Labute approximate surface area is 212 Å². The first kappa shape index (κ1) is 26.8. The summed E-state index contributed by atoms with van der Waals surface area (Å²) in [5, 5.41) is 62.3. The molecule has 0 saturated carbocycles. The Hall–Kier alpha value is -3.26. The van der Waals surface area contributed by atoms with Crippen molar-refractivity contribution in [1.82, 2.24) is 20.3 Å². The first-order valence-electron chi connectivity index (χ1n) is 11.8. The zero-order chi connectivity index (χ0) is 26.9. The van der Waals surface area contributed by atoms with Gasteiger partial charge in [-0.2, -0.15) is 0 Å². The lowest BCUT2D eigenvalue weighted by molar-refractivity contribution is -0.270. The zero-order valence-electron chi connectivity index (χ0n) is 20.4. The molecule has 1 unspecified atom stereocenters. The topological polar surface area (TPSA) is 187 Å². The van der Waals surface area contributed by atoms with Gasteiger partial charge >= 0.3 is 0 Å². The summed E-state index contributed by atoms with van der Waals surface area (Å²) in [6, 6.07) is 6.61. The number of hydrogen-bond acceptors (Lipinski definition) is 10. The number of aromatic nitrogens is 3. The van der Waals surface area contributed by atoms with Crippen molar-refractivity contribution >= 4 is 17.3 Å². The van der Waals surface area contributed by atoms with Crippen LogP contribution in [0.1, 0.15) is 28.5 Å². The monoisotopic (exact) mass is 514 g/mol. The van der Waals surface area contributed by atoms with Crippen LogP contribution < -0.4 is 5.32 Å². The lowest BCUT2D eigenvalue weighted by Crippen LogP contribution is -2.69. The predicted octanol–water partition coefficient (Wildman–Crippen LogP) is -1.43. The number of allylic oxidation sites excluding steroid dienone is 3. The molecule has 1 amide bonds. The molecule has 2 aliphatic rings. The van der Waals surface area contributed by atoms with Crippen LogP contribution in [0.25, 0.3) is 5.57 Å². The van der Waals surface area contributed by atoms with E-state index in [2.05, 4.69) is 15.6 Å². The van der Waals surface area contributed by atoms with Gasteiger partial charge < -0.3 is 35.6 Å². The molecule has 1 aromatic carbocycles. The molecule has 12 heteroatoms. The fourth-order valence-corrected chi connectivity index (χ4v) is 4.79. The lowest BCUT2D eigenvalue weighted by atomic mass is 9.73. The number of amides is 1. The summed E-state index contributed by atoms with van der Waals surface area (Å²) < 4.78 is 7.07. The number of nitrogens with one attached hydrogen (secondary N) is 1. The molecule has 0 spiro atoms. The van der Waals surface area contributed by atoms with Gasteiger partial charge in [0.25, 0.3) is 5.91 Å². The van der Waals surface area contributed by atoms with Gasteiger partial charge in [0.05, 0.1) is 26.0 Å². The van der Waals surface area contributed by atoms with Crippen molar-refractivity contribution in [2.75, 3.05) is 13.7 Å². The Morgan fingerprint density at radius 3 is 2.65 bits per heavy atom. The van der Waals surface area contributed by atoms with Gasteiger partial charge in [-0.25, -0.2) is 4.68 Å². The van der Waals surface area contributed by atoms with E-state index < -0.39 is 42.5 Å². The Morgan fingerprint density at radius 1 is 1.24 bits per heavy atom. The van der Waals surface area contributed by atoms with Crippen molar-refractivity contribution in [3.8, 4) is 0 Å². The lowest BCUT2D eigenvalue weighted by Gasteiger charge is -2.49. The van der Waals surface area contributed by atoms with Gasteiger partial charge in [-0.05, 0) is 23.3 Å². The first-order chi connectivity index (χ1) is 17.6. The highest BCUT2D eigenvalue weighted by molar-refractivity contribution is 6.24. The van der Waals surface area contributed by atoms with Gasteiger partial charge in [0, 0.05) is 24.1 Å². The summed E-state index contributed by atoms with van der Waals surface area (Å²) >= 11 is 0. The summed E-state index contributed by atoms with van der Waals surface area (Å²) in [6.45, 7) is 0.218. The molecule has 1 saturated heterocycles. The van der Waals surface area contributed by atoms with Crippen LogP contribution in [-0.4, -0.2) is 95.9 Å². The number of rotatable bonds is 7. The van der Waals surface area contributed by atoms with Crippen LogP contribution in [-0.2, 0) is 22.7 Å². The molecule has 1 aliphatic heterocycles. The average Bonchev–Trinajstić information content (AvgIpc) is 3.36. The summed E-state index contributed by atoms with van der Waals surface area (Å²) in [4.78, 5) is 25.5. The van der Waals surface area contributed by atoms with E-state index in [0.717, 1.165) is 0 Å². The van der Waals surface area contributed by atoms with E-state index in [1.807, 2.05) is 0 Å². The molecule has 2 heterocycles. The Morgan fingerprint density at radius 2 is 2.00 bits per heavy atom. The van der Waals surface area contributed by atoms with Gasteiger partial charge in [-0.1, -0.05) is 36.4 Å². The van der Waals surface area contributed by atoms with Gasteiger partial charge in [0.1, 0.15) is 35.7 Å². The number of Topliss-reactive ketones (excluding diaryl/α,β-unsaturated/α-hetero) is 1. The molecule has 1 fully saturated rings. The molecule has 6 N–H and O–H groups in total. The standard InChI is InChI=1S/C25H30N4O8/c1-13-17(6-7-18(20(13)32)14-4-3-5-15(8-14)24(35)26-2)23-25(36,12-29-9-16(10-30)27-28-29)22(34)21(33)19(11-31)37-23/h3-9,13,19,21-23,30-31,33-34,36H,10-12H2,1-2H3,(H,26,35)/t13?,19-,21-,22+,23-,25+/m1/s1. The van der Waals surface area contributed by atoms with Gasteiger partial charge in [0.2, 0.25) is 0 Å². The highest BCUT2D eigenvalue weighted by atomic mass is 16.5. The van der Waals surface area contributed by atoms with E-state index in [1.165, 1.54) is 17.9 Å². The van der Waals surface area contributed by atoms with E-state index >= 15 is 0 Å². The summed E-state index contributed by atoms with van der Waals surface area (Å²) in [7, 11) is 1.51. The third-order valence-electron chi connectivity index (χ3n) is 6.89. The maximum atomic E-state index is 13.5. The molecule has 37 heavy (non-hydrogen) atoms. The van der Waals surface area contributed by atoms with E-state index in [0.29, 0.717) is 22.3 Å². The molecule has 0 bridgehead atoms. The molecule has 1 aliphatic carbocycles. The van der Waals surface area contributed by atoms with Gasteiger partial charge in [-0.3, -0.25) is 9.59 Å². The van der Waals surface area contributed by atoms with E-state index in [4.69, 9.17) is 4.74 Å². The maximum Gasteiger partial charge on any atom is 0.251 e. The van der Waals surface area contributed by atoms with Crippen LogP contribution in [0.4, 0.5) is 0 Å². The molecular weight excluding hydrogens is 484 g/mol. The molecular formula is C25H30N4O8. The Kier molecular flexibility index (Phi) is 7.69. The molecule has 198 valence electrons. The normalized spacial score (nSPS) is 30.0. The second-order valence-corrected chi connectivity index (χ2v) is 9.22. The number of hydrogen-bond donors (Lipinski definition) is 6. The SMILES string of the molecule is CNC(=O)c1cccc(C2=CC=C([C@H]3O[C@H](CO)[C@@H](O)[C@H](O)[C@@]3(O)Cn3cc(CO)nn3)C(C)C2=O)c1. The van der Waals surface area contributed by atoms with Crippen LogP contribution in [0.15, 0.2) is 48.2 Å². The molecule has 6 atom stereocenters. The summed E-state index contributed by atoms with van der Waals surface area (Å²) in [6.07, 6.45) is -1.41. The number of nitrogens with zero attached hydrogens (tertiary/aromatic N) is 3. The fraction of sp³-hybridized carbons (Fsp3) is 0.440. The maximum absolute atomic E-state index is 13.5. The number of aliphatic hydroxyl groups excluding tert-OH is 4. The molecule has 0 radical (unpaired) electrons. The van der Waals surface area contributed by atoms with E-state index in [1.54, 1.807) is 43.3 Å². The van der Waals surface area contributed by atoms with Crippen LogP contribution in [0.3, 0.4) is 0 Å². The number of carbonyl (C=O) groups excluding carboxylic acids is 2. The van der Waals surface area contributed by atoms with Gasteiger partial charge in [-0.15, -0.1) is 5.10 Å². The highest BCUT2D eigenvalue weighted by Crippen LogP contribution is 2.40. The second-order valence-electron chi connectivity index (χ2n) is 9.22. The van der Waals surface area contributed by atoms with Crippen LogP contribution in [0.5, 0.6) is 0 Å². The minimum Gasteiger partial charge on any atom is -0.394 e.